The van der Waals surface area contributed by atoms with Crippen molar-refractivity contribution in [3.8, 4) is 6.07 Å². The van der Waals surface area contributed by atoms with Gasteiger partial charge in [0, 0.05) is 6.04 Å². The SMILES string of the molecule is CCC(C#N)S(=O)(=O)N(CC(F)(F)F)C1CC1. The van der Waals surface area contributed by atoms with Crippen LogP contribution in [0, 0.1) is 11.3 Å². The minimum Gasteiger partial charge on any atom is -0.211 e. The van der Waals surface area contributed by atoms with Crippen molar-refractivity contribution in [3.05, 3.63) is 0 Å². The number of hydrogen-bond acceptors (Lipinski definition) is 3. The summed E-state index contributed by atoms with van der Waals surface area (Å²) < 4.78 is 61.1. The van der Waals surface area contributed by atoms with E-state index in [1.807, 2.05) is 0 Å². The zero-order valence-electron chi connectivity index (χ0n) is 9.24. The van der Waals surface area contributed by atoms with Crippen molar-refractivity contribution >= 4 is 10.0 Å². The number of hydrogen-bond donors (Lipinski definition) is 0. The minimum atomic E-state index is -4.58. The highest BCUT2D eigenvalue weighted by Gasteiger charge is 2.46. The average Bonchev–Trinajstić information content (AvgIpc) is 2.97. The molecular formula is C9H13F3N2O2S. The lowest BCUT2D eigenvalue weighted by Gasteiger charge is -2.24. The summed E-state index contributed by atoms with van der Waals surface area (Å²) in [6, 6.07) is 0.950. The second kappa shape index (κ2) is 4.82. The summed E-state index contributed by atoms with van der Waals surface area (Å²) in [4.78, 5) is 0. The molecule has 0 spiro atoms. The first-order chi connectivity index (χ1) is 7.72. The lowest BCUT2D eigenvalue weighted by atomic mass is 10.4. The largest absolute Gasteiger partial charge is 0.402 e. The Bertz CT molecular complexity index is 409. The molecule has 8 heteroatoms. The molecule has 0 aromatic rings. The molecule has 4 nitrogen and oxygen atoms in total. The Labute approximate surface area is 98.1 Å². The van der Waals surface area contributed by atoms with Crippen LogP contribution in [0.4, 0.5) is 13.2 Å². The predicted octanol–water partition coefficient (Wildman–Crippen LogP) is 1.65. The maximum absolute atomic E-state index is 12.3. The number of halogens is 3. The Morgan fingerprint density at radius 2 is 2.00 bits per heavy atom. The van der Waals surface area contributed by atoms with E-state index in [1.54, 1.807) is 6.07 Å². The van der Waals surface area contributed by atoms with Crippen LogP contribution in [0.15, 0.2) is 0 Å². The number of nitrogens with zero attached hydrogens (tertiary/aromatic N) is 2. The Balaban J connectivity index is 2.95. The van der Waals surface area contributed by atoms with Crippen LogP contribution in [0.1, 0.15) is 26.2 Å². The highest BCUT2D eigenvalue weighted by Crippen LogP contribution is 2.33. The highest BCUT2D eigenvalue weighted by atomic mass is 32.2. The second-order valence-corrected chi connectivity index (χ2v) is 6.03. The van der Waals surface area contributed by atoms with Gasteiger partial charge in [-0.2, -0.15) is 22.7 Å². The van der Waals surface area contributed by atoms with Crippen LogP contribution in [0.25, 0.3) is 0 Å². The fourth-order valence-corrected chi connectivity index (χ4v) is 3.33. The summed E-state index contributed by atoms with van der Waals surface area (Å²) in [6.07, 6.45) is -3.74. The average molecular weight is 270 g/mol. The smallest absolute Gasteiger partial charge is 0.211 e. The molecule has 0 amide bonds. The summed E-state index contributed by atoms with van der Waals surface area (Å²) in [6.45, 7) is -0.0394. The summed E-state index contributed by atoms with van der Waals surface area (Å²) in [5.41, 5.74) is 0. The standard InChI is InChI=1S/C9H13F3N2O2S/c1-2-8(5-13)17(15,16)14(7-3-4-7)6-9(10,11)12/h7-8H,2-4,6H2,1H3. The van der Waals surface area contributed by atoms with E-state index in [1.165, 1.54) is 6.92 Å². The quantitative estimate of drug-likeness (QED) is 0.763. The third kappa shape index (κ3) is 3.57. The van der Waals surface area contributed by atoms with Crippen LogP contribution in [0.5, 0.6) is 0 Å². The minimum absolute atomic E-state index is 0.0140. The van der Waals surface area contributed by atoms with Gasteiger partial charge in [0.25, 0.3) is 0 Å². The topological polar surface area (TPSA) is 61.2 Å². The highest BCUT2D eigenvalue weighted by molar-refractivity contribution is 7.90. The van der Waals surface area contributed by atoms with E-state index in [2.05, 4.69) is 0 Å². The summed E-state index contributed by atoms with van der Waals surface area (Å²) >= 11 is 0. The molecule has 0 heterocycles. The molecule has 0 aliphatic heterocycles. The van der Waals surface area contributed by atoms with Gasteiger partial charge >= 0.3 is 6.18 Å². The first kappa shape index (κ1) is 14.3. The zero-order valence-corrected chi connectivity index (χ0v) is 10.1. The van der Waals surface area contributed by atoms with Gasteiger partial charge < -0.3 is 0 Å². The fourth-order valence-electron chi connectivity index (χ4n) is 1.50. The summed E-state index contributed by atoms with van der Waals surface area (Å²) in [5, 5.41) is 7.28. The number of alkyl halides is 3. The molecule has 1 fully saturated rings. The molecule has 1 aliphatic rings. The fraction of sp³-hybridized carbons (Fsp3) is 0.889. The summed E-state index contributed by atoms with van der Waals surface area (Å²) in [5.74, 6) is 0. The monoisotopic (exact) mass is 270 g/mol. The van der Waals surface area contributed by atoms with Gasteiger partial charge in [-0.1, -0.05) is 6.92 Å². The van der Waals surface area contributed by atoms with Crippen molar-refractivity contribution in [2.75, 3.05) is 6.54 Å². The molecule has 0 aromatic heterocycles. The van der Waals surface area contributed by atoms with Gasteiger partial charge in [0.1, 0.15) is 6.54 Å². The van der Waals surface area contributed by atoms with Gasteiger partial charge in [0.15, 0.2) is 5.25 Å². The predicted molar refractivity (Wildman–Crippen MR) is 54.4 cm³/mol. The van der Waals surface area contributed by atoms with Crippen molar-refractivity contribution in [3.63, 3.8) is 0 Å². The van der Waals surface area contributed by atoms with Crippen LogP contribution >= 0.6 is 0 Å². The van der Waals surface area contributed by atoms with Crippen molar-refractivity contribution < 1.29 is 21.6 Å². The van der Waals surface area contributed by atoms with Gasteiger partial charge in [-0.05, 0) is 19.3 Å². The molecule has 0 aromatic carbocycles. The van der Waals surface area contributed by atoms with Crippen LogP contribution < -0.4 is 0 Å². The van der Waals surface area contributed by atoms with Gasteiger partial charge in [-0.3, -0.25) is 0 Å². The Morgan fingerprint density at radius 1 is 1.47 bits per heavy atom. The maximum Gasteiger partial charge on any atom is 0.402 e. The van der Waals surface area contributed by atoms with Crippen molar-refractivity contribution in [2.24, 2.45) is 0 Å². The van der Waals surface area contributed by atoms with E-state index in [-0.39, 0.29) is 6.42 Å². The molecule has 98 valence electrons. The van der Waals surface area contributed by atoms with E-state index < -0.39 is 34.0 Å². The van der Waals surface area contributed by atoms with Gasteiger partial charge in [0.05, 0.1) is 6.07 Å². The summed E-state index contributed by atoms with van der Waals surface area (Å²) in [7, 11) is -4.18. The third-order valence-corrected chi connectivity index (χ3v) is 4.73. The molecule has 0 saturated heterocycles. The molecular weight excluding hydrogens is 257 g/mol. The molecule has 17 heavy (non-hydrogen) atoms. The lowest BCUT2D eigenvalue weighted by Crippen LogP contribution is -2.44. The molecule has 1 rings (SSSR count). The molecule has 1 aliphatic carbocycles. The van der Waals surface area contributed by atoms with Crippen molar-refractivity contribution in [1.29, 1.82) is 5.26 Å². The number of rotatable bonds is 5. The van der Waals surface area contributed by atoms with E-state index in [4.69, 9.17) is 5.26 Å². The Hall–Kier alpha value is -0.810. The number of sulfonamides is 1. The molecule has 0 bridgehead atoms. The normalized spacial score (nSPS) is 19.1. The van der Waals surface area contributed by atoms with Crippen LogP contribution in [0.3, 0.4) is 0 Å². The van der Waals surface area contributed by atoms with Gasteiger partial charge in [-0.25, -0.2) is 8.42 Å². The van der Waals surface area contributed by atoms with Crippen LogP contribution in [-0.2, 0) is 10.0 Å². The van der Waals surface area contributed by atoms with Gasteiger partial charge in [0.2, 0.25) is 10.0 Å². The third-order valence-electron chi connectivity index (χ3n) is 2.49. The van der Waals surface area contributed by atoms with Crippen molar-refractivity contribution in [2.45, 2.75) is 43.7 Å². The van der Waals surface area contributed by atoms with E-state index >= 15 is 0 Å². The Morgan fingerprint density at radius 3 is 2.29 bits per heavy atom. The molecule has 0 radical (unpaired) electrons. The zero-order chi connectivity index (χ0) is 13.3. The van der Waals surface area contributed by atoms with E-state index in [0.29, 0.717) is 17.1 Å². The van der Waals surface area contributed by atoms with Crippen LogP contribution in [-0.4, -0.2) is 36.7 Å². The first-order valence-electron chi connectivity index (χ1n) is 5.19. The van der Waals surface area contributed by atoms with Crippen molar-refractivity contribution in [1.82, 2.24) is 4.31 Å². The molecule has 1 atom stereocenters. The van der Waals surface area contributed by atoms with E-state index in [9.17, 15) is 21.6 Å². The first-order valence-corrected chi connectivity index (χ1v) is 6.69. The van der Waals surface area contributed by atoms with Crippen LogP contribution in [0.2, 0.25) is 0 Å². The van der Waals surface area contributed by atoms with E-state index in [0.717, 1.165) is 0 Å². The molecule has 0 N–H and O–H groups in total. The molecule has 1 unspecified atom stereocenters. The van der Waals surface area contributed by atoms with Gasteiger partial charge in [-0.15, -0.1) is 0 Å². The molecule has 1 saturated carbocycles. The number of nitriles is 1. The maximum atomic E-state index is 12.3. The second-order valence-electron chi connectivity index (χ2n) is 3.96. The Kier molecular flexibility index (Phi) is 4.04. The lowest BCUT2D eigenvalue weighted by molar-refractivity contribution is -0.137.